The van der Waals surface area contributed by atoms with Gasteiger partial charge in [-0.1, -0.05) is 6.42 Å². The van der Waals surface area contributed by atoms with Crippen molar-refractivity contribution < 1.29 is 22.7 Å². The molecule has 1 aromatic rings. The highest BCUT2D eigenvalue weighted by Gasteiger charge is 2.36. The molecule has 3 N–H and O–H groups in total. The Morgan fingerprint density at radius 2 is 2.04 bits per heavy atom. The highest BCUT2D eigenvalue weighted by molar-refractivity contribution is 7.89. The molecule has 0 aromatic heterocycles. The summed E-state index contributed by atoms with van der Waals surface area (Å²) in [7, 11) is -2.49. The first-order valence-electron chi connectivity index (χ1n) is 7.54. The van der Waals surface area contributed by atoms with Crippen molar-refractivity contribution in [1.82, 2.24) is 4.31 Å². The van der Waals surface area contributed by atoms with Crippen molar-refractivity contribution in [1.29, 1.82) is 0 Å². The molecule has 132 valence electrons. The first kappa shape index (κ1) is 18.2. The van der Waals surface area contributed by atoms with Crippen molar-refractivity contribution >= 4 is 27.5 Å². The third-order valence-electron chi connectivity index (χ3n) is 3.87. The Labute approximate surface area is 141 Å². The molecule has 1 aromatic carbocycles. The maximum absolute atomic E-state index is 12.9. The number of nitrogens with zero attached hydrogens (tertiary/aromatic N) is 1. The minimum Gasteiger partial charge on any atom is -0.495 e. The van der Waals surface area contributed by atoms with Crippen molar-refractivity contribution in [3.8, 4) is 5.75 Å². The van der Waals surface area contributed by atoms with Gasteiger partial charge in [0.1, 0.15) is 11.8 Å². The van der Waals surface area contributed by atoms with E-state index in [0.717, 1.165) is 10.7 Å². The van der Waals surface area contributed by atoms with E-state index in [1.54, 1.807) is 0 Å². The van der Waals surface area contributed by atoms with Crippen molar-refractivity contribution in [3.05, 3.63) is 18.2 Å². The van der Waals surface area contributed by atoms with Crippen molar-refractivity contribution in [2.45, 2.75) is 37.1 Å². The summed E-state index contributed by atoms with van der Waals surface area (Å²) in [6.45, 7) is 1.55. The maximum Gasteiger partial charge on any atom is 0.243 e. The molecule has 2 amide bonds. The first-order valence-corrected chi connectivity index (χ1v) is 8.98. The number of carbonyl (C=O) groups excluding carboxylic acids is 2. The summed E-state index contributed by atoms with van der Waals surface area (Å²) in [6.07, 6.45) is 1.82. The second-order valence-corrected chi connectivity index (χ2v) is 7.46. The quantitative estimate of drug-likeness (QED) is 0.805. The van der Waals surface area contributed by atoms with Gasteiger partial charge in [0.15, 0.2) is 0 Å². The predicted molar refractivity (Wildman–Crippen MR) is 88.0 cm³/mol. The summed E-state index contributed by atoms with van der Waals surface area (Å²) in [4.78, 5) is 22.9. The van der Waals surface area contributed by atoms with Crippen LogP contribution in [-0.4, -0.2) is 44.2 Å². The Balaban J connectivity index is 2.44. The van der Waals surface area contributed by atoms with Crippen LogP contribution in [0.5, 0.6) is 5.75 Å². The number of nitrogens with one attached hydrogen (secondary N) is 1. The van der Waals surface area contributed by atoms with Crippen LogP contribution in [0.15, 0.2) is 23.1 Å². The van der Waals surface area contributed by atoms with E-state index in [0.29, 0.717) is 18.6 Å². The number of methoxy groups -OCH3 is 1. The molecular formula is C15H21N3O5S. The second kappa shape index (κ2) is 7.18. The highest BCUT2D eigenvalue weighted by atomic mass is 32.2. The van der Waals surface area contributed by atoms with Crippen LogP contribution in [0, 0.1) is 0 Å². The molecule has 0 unspecified atom stereocenters. The first-order chi connectivity index (χ1) is 11.3. The summed E-state index contributed by atoms with van der Waals surface area (Å²) in [5.41, 5.74) is 5.60. The summed E-state index contributed by atoms with van der Waals surface area (Å²) in [6, 6.07) is 3.31. The van der Waals surface area contributed by atoms with E-state index in [-0.39, 0.29) is 23.0 Å². The van der Waals surface area contributed by atoms with Crippen LogP contribution in [-0.2, 0) is 19.6 Å². The Bertz CT molecular complexity index is 747. The molecule has 1 aliphatic rings. The lowest BCUT2D eigenvalue weighted by atomic mass is 10.0. The number of carbonyl (C=O) groups is 2. The highest BCUT2D eigenvalue weighted by Crippen LogP contribution is 2.31. The van der Waals surface area contributed by atoms with Crippen molar-refractivity contribution in [2.75, 3.05) is 19.0 Å². The Kier molecular flexibility index (Phi) is 5.45. The Morgan fingerprint density at radius 1 is 1.33 bits per heavy atom. The van der Waals surface area contributed by atoms with Gasteiger partial charge in [-0.25, -0.2) is 8.42 Å². The number of sulfonamides is 1. The van der Waals surface area contributed by atoms with Crippen LogP contribution in [0.3, 0.4) is 0 Å². The lowest BCUT2D eigenvalue weighted by Crippen LogP contribution is -2.50. The smallest absolute Gasteiger partial charge is 0.243 e. The van der Waals surface area contributed by atoms with Gasteiger partial charge in [0.05, 0.1) is 17.7 Å². The maximum atomic E-state index is 12.9. The topological polar surface area (TPSA) is 119 Å². The average Bonchev–Trinajstić information content (AvgIpc) is 2.54. The number of piperidine rings is 1. The minimum absolute atomic E-state index is 0.0276. The van der Waals surface area contributed by atoms with Crippen molar-refractivity contribution in [2.24, 2.45) is 5.73 Å². The molecule has 0 radical (unpaired) electrons. The van der Waals surface area contributed by atoms with Crippen LogP contribution >= 0.6 is 0 Å². The van der Waals surface area contributed by atoms with Crippen LogP contribution < -0.4 is 15.8 Å². The van der Waals surface area contributed by atoms with E-state index in [1.165, 1.54) is 32.2 Å². The molecule has 1 heterocycles. The summed E-state index contributed by atoms with van der Waals surface area (Å²) in [5.74, 6) is -0.668. The van der Waals surface area contributed by atoms with E-state index >= 15 is 0 Å². The zero-order chi connectivity index (χ0) is 17.9. The van der Waals surface area contributed by atoms with Crippen LogP contribution in [0.1, 0.15) is 26.2 Å². The lowest BCUT2D eigenvalue weighted by Gasteiger charge is -2.32. The number of nitrogens with two attached hydrogens (primary N) is 1. The van der Waals surface area contributed by atoms with Gasteiger partial charge < -0.3 is 15.8 Å². The number of primary amides is 1. The number of benzene rings is 1. The summed E-state index contributed by atoms with van der Waals surface area (Å²) < 4.78 is 32.1. The minimum atomic E-state index is -3.91. The van der Waals surface area contributed by atoms with Crippen molar-refractivity contribution in [3.63, 3.8) is 0 Å². The van der Waals surface area contributed by atoms with Crippen LogP contribution in [0.2, 0.25) is 0 Å². The van der Waals surface area contributed by atoms with Gasteiger partial charge in [-0.15, -0.1) is 0 Å². The fraction of sp³-hybridized carbons (Fsp3) is 0.467. The molecule has 0 aliphatic carbocycles. The van der Waals surface area contributed by atoms with Gasteiger partial charge in [0, 0.05) is 13.5 Å². The van der Waals surface area contributed by atoms with E-state index < -0.39 is 22.0 Å². The normalized spacial score (nSPS) is 18.8. The molecule has 24 heavy (non-hydrogen) atoms. The molecule has 1 aliphatic heterocycles. The number of anilines is 1. The number of amides is 2. The molecule has 1 saturated heterocycles. The standard InChI is InChI=1S/C15H21N3O5S/c1-10(19)17-12-9-11(6-7-14(12)23-2)24(21,22)18-8-4-3-5-13(18)15(16)20/h6-7,9,13H,3-5,8H2,1-2H3,(H2,16,20)(H,17,19)/t13-/m1/s1. The molecule has 0 bridgehead atoms. The largest absolute Gasteiger partial charge is 0.495 e. The van der Waals surface area contributed by atoms with Crippen LogP contribution in [0.25, 0.3) is 0 Å². The fourth-order valence-electron chi connectivity index (χ4n) is 2.75. The van der Waals surface area contributed by atoms with Gasteiger partial charge in [0.2, 0.25) is 21.8 Å². The third kappa shape index (κ3) is 3.68. The van der Waals surface area contributed by atoms with Gasteiger partial charge in [-0.3, -0.25) is 9.59 Å². The molecule has 1 atom stereocenters. The molecule has 9 heteroatoms. The molecule has 0 spiro atoms. The number of hydrogen-bond acceptors (Lipinski definition) is 5. The molecule has 2 rings (SSSR count). The SMILES string of the molecule is COc1ccc(S(=O)(=O)N2CCCC[C@@H]2C(N)=O)cc1NC(C)=O. The van der Waals surface area contributed by atoms with E-state index in [4.69, 9.17) is 10.5 Å². The zero-order valence-electron chi connectivity index (χ0n) is 13.6. The number of ether oxygens (including phenoxy) is 1. The third-order valence-corrected chi connectivity index (χ3v) is 5.77. The molecule has 8 nitrogen and oxygen atoms in total. The zero-order valence-corrected chi connectivity index (χ0v) is 14.4. The van der Waals surface area contributed by atoms with Gasteiger partial charge in [-0.05, 0) is 31.0 Å². The van der Waals surface area contributed by atoms with E-state index in [9.17, 15) is 18.0 Å². The molecule has 1 fully saturated rings. The number of hydrogen-bond donors (Lipinski definition) is 2. The molecular weight excluding hydrogens is 334 g/mol. The Morgan fingerprint density at radius 3 is 2.62 bits per heavy atom. The van der Waals surface area contributed by atoms with E-state index in [1.807, 2.05) is 0 Å². The summed E-state index contributed by atoms with van der Waals surface area (Å²) in [5, 5.41) is 2.54. The average molecular weight is 355 g/mol. The lowest BCUT2D eigenvalue weighted by molar-refractivity contribution is -0.122. The monoisotopic (exact) mass is 355 g/mol. The Hall–Kier alpha value is -2.13. The second-order valence-electron chi connectivity index (χ2n) is 5.57. The number of rotatable bonds is 5. The van der Waals surface area contributed by atoms with Gasteiger partial charge in [-0.2, -0.15) is 4.31 Å². The van der Waals surface area contributed by atoms with Gasteiger partial charge >= 0.3 is 0 Å². The molecule has 0 saturated carbocycles. The van der Waals surface area contributed by atoms with Crippen LogP contribution in [0.4, 0.5) is 5.69 Å². The van der Waals surface area contributed by atoms with E-state index in [2.05, 4.69) is 5.32 Å². The predicted octanol–water partition coefficient (Wildman–Crippen LogP) is 0.682. The summed E-state index contributed by atoms with van der Waals surface area (Å²) >= 11 is 0. The fourth-order valence-corrected chi connectivity index (χ4v) is 4.44. The van der Waals surface area contributed by atoms with Gasteiger partial charge in [0.25, 0.3) is 0 Å².